The fraction of sp³-hybridized carbons (Fsp3) is 0.500. The van der Waals surface area contributed by atoms with E-state index in [-0.39, 0.29) is 17.5 Å². The van der Waals surface area contributed by atoms with Crippen molar-refractivity contribution in [2.45, 2.75) is 43.0 Å². The summed E-state index contributed by atoms with van der Waals surface area (Å²) in [6, 6.07) is 8.07. The number of carbonyl (C=O) groups is 1. The van der Waals surface area contributed by atoms with Gasteiger partial charge in [0.25, 0.3) is 0 Å². The smallest absolute Gasteiger partial charge is 0.249 e. The fourth-order valence-electron chi connectivity index (χ4n) is 2.69. The van der Waals surface area contributed by atoms with Crippen molar-refractivity contribution in [3.63, 3.8) is 0 Å². The summed E-state index contributed by atoms with van der Waals surface area (Å²) in [7, 11) is -3.69. The van der Waals surface area contributed by atoms with Crippen LogP contribution < -0.4 is 11.3 Å². The molecular formula is C14H21N3O3S. The molecular weight excluding hydrogens is 290 g/mol. The van der Waals surface area contributed by atoms with Crippen LogP contribution in [0.1, 0.15) is 32.1 Å². The Balaban J connectivity index is 2.31. The highest BCUT2D eigenvalue weighted by atomic mass is 32.2. The summed E-state index contributed by atoms with van der Waals surface area (Å²) in [4.78, 5) is 11.8. The molecule has 0 spiro atoms. The van der Waals surface area contributed by atoms with E-state index in [9.17, 15) is 13.2 Å². The van der Waals surface area contributed by atoms with Crippen LogP contribution in [0.2, 0.25) is 0 Å². The monoisotopic (exact) mass is 311 g/mol. The summed E-state index contributed by atoms with van der Waals surface area (Å²) < 4.78 is 26.9. The number of hydrogen-bond acceptors (Lipinski definition) is 4. The molecule has 21 heavy (non-hydrogen) atoms. The van der Waals surface area contributed by atoms with Crippen LogP contribution in [0.25, 0.3) is 0 Å². The Morgan fingerprint density at radius 3 is 2.38 bits per heavy atom. The summed E-state index contributed by atoms with van der Waals surface area (Å²) in [6.07, 6.45) is 4.64. The van der Waals surface area contributed by atoms with Crippen molar-refractivity contribution < 1.29 is 13.2 Å². The van der Waals surface area contributed by atoms with Gasteiger partial charge in [-0.3, -0.25) is 10.2 Å². The largest absolute Gasteiger partial charge is 0.293 e. The third kappa shape index (κ3) is 3.81. The lowest BCUT2D eigenvalue weighted by Gasteiger charge is -2.32. The maximum atomic E-state index is 12.8. The number of hydrazine groups is 1. The quantitative estimate of drug-likeness (QED) is 0.482. The van der Waals surface area contributed by atoms with E-state index < -0.39 is 15.9 Å². The highest BCUT2D eigenvalue weighted by Crippen LogP contribution is 2.27. The summed E-state index contributed by atoms with van der Waals surface area (Å²) in [5.41, 5.74) is 2.01. The van der Waals surface area contributed by atoms with E-state index in [0.717, 1.165) is 32.1 Å². The fourth-order valence-corrected chi connectivity index (χ4v) is 4.36. The highest BCUT2D eigenvalue weighted by Gasteiger charge is 2.33. The second kappa shape index (κ2) is 7.02. The van der Waals surface area contributed by atoms with E-state index >= 15 is 0 Å². The van der Waals surface area contributed by atoms with Gasteiger partial charge in [-0.05, 0) is 25.0 Å². The first-order valence-electron chi connectivity index (χ1n) is 7.12. The van der Waals surface area contributed by atoms with E-state index in [2.05, 4.69) is 0 Å². The number of hydrogen-bond donors (Lipinski definition) is 2. The van der Waals surface area contributed by atoms with Gasteiger partial charge in [0.05, 0.1) is 11.4 Å². The van der Waals surface area contributed by atoms with Gasteiger partial charge in [-0.1, -0.05) is 37.5 Å². The van der Waals surface area contributed by atoms with Crippen molar-refractivity contribution in [3.8, 4) is 0 Å². The molecule has 1 fully saturated rings. The molecule has 1 aliphatic rings. The molecule has 1 aliphatic carbocycles. The van der Waals surface area contributed by atoms with Crippen molar-refractivity contribution in [3.05, 3.63) is 30.3 Å². The van der Waals surface area contributed by atoms with Gasteiger partial charge >= 0.3 is 0 Å². The van der Waals surface area contributed by atoms with Gasteiger partial charge in [0.15, 0.2) is 0 Å². The zero-order chi connectivity index (χ0) is 15.3. The van der Waals surface area contributed by atoms with Crippen molar-refractivity contribution in [2.75, 3.05) is 6.54 Å². The number of nitrogens with one attached hydrogen (secondary N) is 1. The molecule has 0 saturated heterocycles. The first-order valence-corrected chi connectivity index (χ1v) is 8.56. The van der Waals surface area contributed by atoms with E-state index in [1.54, 1.807) is 30.3 Å². The van der Waals surface area contributed by atoms with Gasteiger partial charge in [0.2, 0.25) is 15.9 Å². The number of amides is 1. The Kier molecular flexibility index (Phi) is 5.33. The summed E-state index contributed by atoms with van der Waals surface area (Å²) >= 11 is 0. The number of benzene rings is 1. The van der Waals surface area contributed by atoms with Gasteiger partial charge in [-0.15, -0.1) is 0 Å². The van der Waals surface area contributed by atoms with Gasteiger partial charge in [-0.2, -0.15) is 4.31 Å². The molecule has 1 amide bonds. The number of carbonyl (C=O) groups excluding carboxylic acids is 1. The maximum Gasteiger partial charge on any atom is 0.249 e. The number of sulfonamides is 1. The molecule has 7 heteroatoms. The number of rotatable bonds is 5. The third-order valence-electron chi connectivity index (χ3n) is 3.79. The Bertz CT molecular complexity index is 568. The molecule has 0 unspecified atom stereocenters. The summed E-state index contributed by atoms with van der Waals surface area (Å²) in [5, 5.41) is 0. The highest BCUT2D eigenvalue weighted by molar-refractivity contribution is 7.89. The van der Waals surface area contributed by atoms with Crippen LogP contribution in [-0.4, -0.2) is 31.2 Å². The van der Waals surface area contributed by atoms with E-state index in [1.165, 1.54) is 4.31 Å². The minimum atomic E-state index is -3.69. The average Bonchev–Trinajstić information content (AvgIpc) is 2.53. The standard InChI is InChI=1S/C14H21N3O3S/c15-16-14(18)11-17(12-7-3-1-4-8-12)21(19,20)13-9-5-2-6-10-13/h2,5-6,9-10,12H,1,3-4,7-8,11,15H2,(H,16,18). The second-order valence-corrected chi connectivity index (χ2v) is 7.11. The van der Waals surface area contributed by atoms with Crippen LogP contribution in [0, 0.1) is 0 Å². The van der Waals surface area contributed by atoms with Crippen LogP contribution >= 0.6 is 0 Å². The van der Waals surface area contributed by atoms with Gasteiger partial charge < -0.3 is 0 Å². The molecule has 0 bridgehead atoms. The first kappa shape index (κ1) is 15.9. The lowest BCUT2D eigenvalue weighted by atomic mass is 9.95. The third-order valence-corrected chi connectivity index (χ3v) is 5.70. The van der Waals surface area contributed by atoms with E-state index in [1.807, 2.05) is 5.43 Å². The molecule has 0 aliphatic heterocycles. The van der Waals surface area contributed by atoms with Crippen molar-refractivity contribution >= 4 is 15.9 Å². The second-order valence-electron chi connectivity index (χ2n) is 5.22. The van der Waals surface area contributed by atoms with E-state index in [4.69, 9.17) is 5.84 Å². The molecule has 0 heterocycles. The van der Waals surface area contributed by atoms with Gasteiger partial charge in [0.1, 0.15) is 0 Å². The molecule has 0 radical (unpaired) electrons. The topological polar surface area (TPSA) is 92.5 Å². The molecule has 1 aromatic rings. The van der Waals surface area contributed by atoms with Crippen molar-refractivity contribution in [2.24, 2.45) is 5.84 Å². The van der Waals surface area contributed by atoms with Crippen LogP contribution in [-0.2, 0) is 14.8 Å². The number of nitrogens with zero attached hydrogens (tertiary/aromatic N) is 1. The lowest BCUT2D eigenvalue weighted by Crippen LogP contribution is -2.48. The van der Waals surface area contributed by atoms with Crippen LogP contribution in [0.15, 0.2) is 35.2 Å². The zero-order valence-corrected chi connectivity index (χ0v) is 12.7. The molecule has 1 saturated carbocycles. The molecule has 0 aromatic heterocycles. The molecule has 3 N–H and O–H groups in total. The summed E-state index contributed by atoms with van der Waals surface area (Å²) in [6.45, 7) is -0.238. The average molecular weight is 311 g/mol. The van der Waals surface area contributed by atoms with Crippen LogP contribution in [0.5, 0.6) is 0 Å². The minimum absolute atomic E-state index is 0.138. The van der Waals surface area contributed by atoms with Crippen LogP contribution in [0.4, 0.5) is 0 Å². The Hall–Kier alpha value is -1.44. The lowest BCUT2D eigenvalue weighted by molar-refractivity contribution is -0.121. The predicted molar refractivity (Wildman–Crippen MR) is 79.5 cm³/mol. The van der Waals surface area contributed by atoms with Crippen molar-refractivity contribution in [1.82, 2.24) is 9.73 Å². The predicted octanol–water partition coefficient (Wildman–Crippen LogP) is 1.000. The Morgan fingerprint density at radius 1 is 1.19 bits per heavy atom. The first-order chi connectivity index (χ1) is 10.1. The zero-order valence-electron chi connectivity index (χ0n) is 11.9. The molecule has 1 aromatic carbocycles. The minimum Gasteiger partial charge on any atom is -0.293 e. The van der Waals surface area contributed by atoms with Crippen molar-refractivity contribution in [1.29, 1.82) is 0 Å². The van der Waals surface area contributed by atoms with Gasteiger partial charge in [0, 0.05) is 6.04 Å². The SMILES string of the molecule is NNC(=O)CN(C1CCCCC1)S(=O)(=O)c1ccccc1. The van der Waals surface area contributed by atoms with Gasteiger partial charge in [-0.25, -0.2) is 14.3 Å². The normalized spacial score (nSPS) is 16.9. The molecule has 2 rings (SSSR count). The summed E-state index contributed by atoms with van der Waals surface area (Å²) in [5.74, 6) is 4.61. The van der Waals surface area contributed by atoms with E-state index in [0.29, 0.717) is 0 Å². The van der Waals surface area contributed by atoms with Crippen LogP contribution in [0.3, 0.4) is 0 Å². The molecule has 0 atom stereocenters. The molecule has 116 valence electrons. The number of nitrogens with two attached hydrogens (primary N) is 1. The Labute approximate surface area is 125 Å². The Morgan fingerprint density at radius 2 is 1.81 bits per heavy atom. The molecule has 6 nitrogen and oxygen atoms in total. The maximum absolute atomic E-state index is 12.8.